The van der Waals surface area contributed by atoms with Crippen LogP contribution in [-0.4, -0.2) is 65.7 Å². The average molecular weight is 458 g/mol. The number of rotatable bonds is 4. The van der Waals surface area contributed by atoms with E-state index in [1.807, 2.05) is 6.07 Å². The SMILES string of the molecule is O=C1CCCC[C@]2(CN(Cc3ccnc(N4CCOCC4)n3)C[C@H]2c2cc(F)cc(F)c2)N1. The van der Waals surface area contributed by atoms with Crippen molar-refractivity contribution in [1.82, 2.24) is 20.2 Å². The Bertz CT molecular complexity index is 996. The van der Waals surface area contributed by atoms with Crippen molar-refractivity contribution in [2.75, 3.05) is 44.3 Å². The van der Waals surface area contributed by atoms with Crippen molar-refractivity contribution < 1.29 is 18.3 Å². The Hall–Kier alpha value is -2.65. The number of amides is 1. The molecule has 1 aromatic carbocycles. The summed E-state index contributed by atoms with van der Waals surface area (Å²) in [6, 6.07) is 5.59. The molecule has 3 saturated heterocycles. The fraction of sp³-hybridized carbons (Fsp3) is 0.542. The summed E-state index contributed by atoms with van der Waals surface area (Å²) in [6.07, 6.45) is 4.76. The van der Waals surface area contributed by atoms with Crippen LogP contribution in [-0.2, 0) is 16.1 Å². The molecule has 1 spiro atoms. The standard InChI is InChI=1S/C24H29F2N5O2/c25-18-11-17(12-19(26)13-18)21-15-30(16-24(21)5-2-1-3-22(32)29-24)14-20-4-6-27-23(28-20)31-7-9-33-10-8-31/h4,6,11-13,21H,1-3,5,7-10,14-16H2,(H,29,32)/t21-,24+/m0/s1. The van der Waals surface area contributed by atoms with Gasteiger partial charge in [-0.2, -0.15) is 0 Å². The summed E-state index contributed by atoms with van der Waals surface area (Å²) < 4.78 is 33.6. The lowest BCUT2D eigenvalue weighted by Crippen LogP contribution is -2.52. The minimum absolute atomic E-state index is 0.00728. The highest BCUT2D eigenvalue weighted by Crippen LogP contribution is 2.41. The lowest BCUT2D eigenvalue weighted by atomic mass is 9.79. The highest BCUT2D eigenvalue weighted by atomic mass is 19.1. The van der Waals surface area contributed by atoms with E-state index in [1.54, 1.807) is 6.20 Å². The van der Waals surface area contributed by atoms with Crippen molar-refractivity contribution in [2.45, 2.75) is 43.7 Å². The number of aromatic nitrogens is 2. The molecule has 0 aliphatic carbocycles. The van der Waals surface area contributed by atoms with Crippen LogP contribution in [0.15, 0.2) is 30.5 Å². The minimum Gasteiger partial charge on any atom is -0.378 e. The zero-order chi connectivity index (χ0) is 22.8. The Morgan fingerprint density at radius 2 is 1.94 bits per heavy atom. The topological polar surface area (TPSA) is 70.6 Å². The molecule has 1 amide bonds. The Morgan fingerprint density at radius 3 is 2.73 bits per heavy atom. The van der Waals surface area contributed by atoms with Crippen molar-refractivity contribution in [1.29, 1.82) is 0 Å². The van der Waals surface area contributed by atoms with Gasteiger partial charge < -0.3 is 15.0 Å². The van der Waals surface area contributed by atoms with Gasteiger partial charge in [0.05, 0.1) is 24.4 Å². The number of carbonyl (C=O) groups is 1. The van der Waals surface area contributed by atoms with Gasteiger partial charge in [-0.05, 0) is 36.6 Å². The summed E-state index contributed by atoms with van der Waals surface area (Å²) in [5, 5.41) is 3.24. The van der Waals surface area contributed by atoms with E-state index in [4.69, 9.17) is 9.72 Å². The smallest absolute Gasteiger partial charge is 0.225 e. The number of carbonyl (C=O) groups excluding carboxylic acids is 1. The van der Waals surface area contributed by atoms with Gasteiger partial charge in [-0.1, -0.05) is 6.42 Å². The van der Waals surface area contributed by atoms with Crippen LogP contribution in [0, 0.1) is 11.6 Å². The van der Waals surface area contributed by atoms with Gasteiger partial charge in [0.15, 0.2) is 0 Å². The van der Waals surface area contributed by atoms with E-state index >= 15 is 0 Å². The van der Waals surface area contributed by atoms with E-state index in [0.717, 1.165) is 44.1 Å². The van der Waals surface area contributed by atoms with Crippen LogP contribution in [0.5, 0.6) is 0 Å². The first-order valence-electron chi connectivity index (χ1n) is 11.6. The van der Waals surface area contributed by atoms with E-state index in [-0.39, 0.29) is 11.8 Å². The number of hydrogen-bond acceptors (Lipinski definition) is 6. The molecule has 2 atom stereocenters. The second-order valence-electron chi connectivity index (χ2n) is 9.28. The number of nitrogens with zero attached hydrogens (tertiary/aromatic N) is 4. The van der Waals surface area contributed by atoms with E-state index < -0.39 is 17.2 Å². The summed E-state index contributed by atoms with van der Waals surface area (Å²) in [6.45, 7) is 4.61. The van der Waals surface area contributed by atoms with Gasteiger partial charge in [0.2, 0.25) is 11.9 Å². The third-order valence-electron chi connectivity index (χ3n) is 6.95. The number of anilines is 1. The molecule has 3 aliphatic heterocycles. The number of likely N-dealkylation sites (tertiary alicyclic amines) is 1. The van der Waals surface area contributed by atoms with Crippen LogP contribution in [0.2, 0.25) is 0 Å². The molecule has 9 heteroatoms. The van der Waals surface area contributed by atoms with Crippen molar-refractivity contribution >= 4 is 11.9 Å². The van der Waals surface area contributed by atoms with Crippen LogP contribution < -0.4 is 10.2 Å². The molecule has 4 heterocycles. The fourth-order valence-corrected chi connectivity index (χ4v) is 5.45. The van der Waals surface area contributed by atoms with Gasteiger partial charge in [0.25, 0.3) is 0 Å². The first kappa shape index (κ1) is 22.2. The summed E-state index contributed by atoms with van der Waals surface area (Å²) >= 11 is 0. The maximum atomic E-state index is 14.1. The zero-order valence-electron chi connectivity index (χ0n) is 18.6. The van der Waals surface area contributed by atoms with Gasteiger partial charge in [0, 0.05) is 57.3 Å². The number of hydrogen-bond donors (Lipinski definition) is 1. The minimum atomic E-state index is -0.593. The second kappa shape index (κ2) is 9.30. The van der Waals surface area contributed by atoms with Gasteiger partial charge in [0.1, 0.15) is 11.6 Å². The van der Waals surface area contributed by atoms with Gasteiger partial charge in [-0.25, -0.2) is 18.7 Å². The van der Waals surface area contributed by atoms with E-state index in [2.05, 4.69) is 20.1 Å². The van der Waals surface area contributed by atoms with Crippen LogP contribution >= 0.6 is 0 Å². The lowest BCUT2D eigenvalue weighted by molar-refractivity contribution is -0.122. The summed E-state index contributed by atoms with van der Waals surface area (Å²) in [5.74, 6) is -0.691. The average Bonchev–Trinajstić information content (AvgIpc) is 3.02. The molecular weight excluding hydrogens is 428 g/mol. The molecule has 3 aliphatic rings. The molecule has 0 saturated carbocycles. The van der Waals surface area contributed by atoms with Gasteiger partial charge >= 0.3 is 0 Å². The summed E-state index contributed by atoms with van der Waals surface area (Å²) in [7, 11) is 0. The normalized spacial score (nSPS) is 26.4. The van der Waals surface area contributed by atoms with Crippen LogP contribution in [0.3, 0.4) is 0 Å². The Labute approximate surface area is 192 Å². The number of nitrogens with one attached hydrogen (secondary N) is 1. The molecule has 3 fully saturated rings. The van der Waals surface area contributed by atoms with E-state index in [0.29, 0.717) is 50.8 Å². The third-order valence-corrected chi connectivity index (χ3v) is 6.95. The first-order valence-corrected chi connectivity index (χ1v) is 11.6. The number of benzene rings is 1. The predicted molar refractivity (Wildman–Crippen MR) is 119 cm³/mol. The number of morpholine rings is 1. The van der Waals surface area contributed by atoms with Crippen LogP contribution in [0.25, 0.3) is 0 Å². The maximum Gasteiger partial charge on any atom is 0.225 e. The van der Waals surface area contributed by atoms with Crippen molar-refractivity contribution in [3.63, 3.8) is 0 Å². The van der Waals surface area contributed by atoms with Crippen molar-refractivity contribution in [3.05, 3.63) is 53.4 Å². The van der Waals surface area contributed by atoms with E-state index in [1.165, 1.54) is 12.1 Å². The molecule has 1 N–H and O–H groups in total. The highest BCUT2D eigenvalue weighted by molar-refractivity contribution is 5.77. The summed E-state index contributed by atoms with van der Waals surface area (Å²) in [5.41, 5.74) is 0.926. The molecule has 7 nitrogen and oxygen atoms in total. The molecule has 33 heavy (non-hydrogen) atoms. The third kappa shape index (κ3) is 4.84. The predicted octanol–water partition coefficient (Wildman–Crippen LogP) is 2.62. The Morgan fingerprint density at radius 1 is 1.15 bits per heavy atom. The quantitative estimate of drug-likeness (QED) is 0.761. The van der Waals surface area contributed by atoms with Crippen LogP contribution in [0.1, 0.15) is 42.9 Å². The first-order chi connectivity index (χ1) is 16.0. The lowest BCUT2D eigenvalue weighted by Gasteiger charge is -2.35. The zero-order valence-corrected chi connectivity index (χ0v) is 18.6. The monoisotopic (exact) mass is 457 g/mol. The Balaban J connectivity index is 1.41. The molecule has 2 aromatic rings. The van der Waals surface area contributed by atoms with Gasteiger partial charge in [-0.3, -0.25) is 9.69 Å². The second-order valence-corrected chi connectivity index (χ2v) is 9.28. The largest absolute Gasteiger partial charge is 0.378 e. The molecule has 5 rings (SSSR count). The van der Waals surface area contributed by atoms with Crippen molar-refractivity contribution in [2.24, 2.45) is 0 Å². The maximum absolute atomic E-state index is 14.1. The molecule has 0 radical (unpaired) electrons. The molecule has 176 valence electrons. The molecule has 0 unspecified atom stereocenters. The molecular formula is C24H29F2N5O2. The molecule has 1 aromatic heterocycles. The highest BCUT2D eigenvalue weighted by Gasteiger charge is 2.48. The molecule has 0 bridgehead atoms. The van der Waals surface area contributed by atoms with Crippen LogP contribution in [0.4, 0.5) is 14.7 Å². The fourth-order valence-electron chi connectivity index (χ4n) is 5.45. The summed E-state index contributed by atoms with van der Waals surface area (Å²) in [4.78, 5) is 26.1. The number of ether oxygens (including phenoxy) is 1. The van der Waals surface area contributed by atoms with Gasteiger partial charge in [-0.15, -0.1) is 0 Å². The number of halogens is 2. The van der Waals surface area contributed by atoms with Crippen molar-refractivity contribution in [3.8, 4) is 0 Å². The Kier molecular flexibility index (Phi) is 6.25. The van der Waals surface area contributed by atoms with E-state index in [9.17, 15) is 13.6 Å².